The zero-order valence-corrected chi connectivity index (χ0v) is 12.2. The van der Waals surface area contributed by atoms with Crippen LogP contribution >= 0.6 is 11.3 Å². The van der Waals surface area contributed by atoms with Gasteiger partial charge < -0.3 is 19.5 Å². The van der Waals surface area contributed by atoms with Gasteiger partial charge in [0.25, 0.3) is 5.91 Å². The number of methoxy groups -OCH3 is 2. The molecule has 0 radical (unpaired) electrons. The predicted molar refractivity (Wildman–Crippen MR) is 73.3 cm³/mol. The fourth-order valence-electron chi connectivity index (χ4n) is 2.43. The average molecular weight is 299 g/mol. The molecule has 1 aromatic rings. The van der Waals surface area contributed by atoms with Crippen LogP contribution in [0, 0.1) is 5.41 Å². The number of amides is 1. The van der Waals surface area contributed by atoms with E-state index >= 15 is 0 Å². The molecule has 1 atom stereocenters. The fraction of sp³-hybridized carbons (Fsp3) is 0.538. The second kappa shape index (κ2) is 5.80. The number of likely N-dealkylation sites (tertiary alicyclic amines) is 1. The Labute approximate surface area is 120 Å². The first-order valence-electron chi connectivity index (χ1n) is 6.17. The number of nitrogens with zero attached hydrogens (tertiary/aromatic N) is 1. The molecule has 1 saturated heterocycles. The molecule has 1 aliphatic heterocycles. The Morgan fingerprint density at radius 1 is 1.50 bits per heavy atom. The number of aliphatic carboxylic acids is 1. The van der Waals surface area contributed by atoms with E-state index in [0.29, 0.717) is 23.6 Å². The summed E-state index contributed by atoms with van der Waals surface area (Å²) in [5, 5.41) is 11.2. The molecule has 20 heavy (non-hydrogen) atoms. The summed E-state index contributed by atoms with van der Waals surface area (Å²) in [4.78, 5) is 25.9. The van der Waals surface area contributed by atoms with Gasteiger partial charge in [-0.3, -0.25) is 9.59 Å². The highest BCUT2D eigenvalue weighted by Gasteiger charge is 2.46. The van der Waals surface area contributed by atoms with Crippen LogP contribution in [0.1, 0.15) is 16.1 Å². The molecule has 1 N–H and O–H groups in total. The number of carboxylic acid groups (broad SMARTS) is 1. The average Bonchev–Trinajstić information content (AvgIpc) is 3.05. The smallest absolute Gasteiger partial charge is 0.313 e. The maximum atomic E-state index is 12.4. The lowest BCUT2D eigenvalue weighted by atomic mass is 9.88. The molecule has 0 aliphatic carbocycles. The minimum absolute atomic E-state index is 0.105. The lowest BCUT2D eigenvalue weighted by Crippen LogP contribution is -2.40. The molecular formula is C13H17NO5S. The molecule has 0 spiro atoms. The normalized spacial score (nSPS) is 22.0. The highest BCUT2D eigenvalue weighted by atomic mass is 32.1. The Morgan fingerprint density at radius 3 is 2.85 bits per heavy atom. The third-order valence-corrected chi connectivity index (χ3v) is 4.44. The van der Waals surface area contributed by atoms with E-state index in [-0.39, 0.29) is 19.1 Å². The van der Waals surface area contributed by atoms with E-state index < -0.39 is 11.4 Å². The summed E-state index contributed by atoms with van der Waals surface area (Å²) < 4.78 is 10.1. The van der Waals surface area contributed by atoms with Gasteiger partial charge in [0, 0.05) is 20.2 Å². The van der Waals surface area contributed by atoms with E-state index in [2.05, 4.69) is 0 Å². The number of hydrogen-bond acceptors (Lipinski definition) is 5. The van der Waals surface area contributed by atoms with Gasteiger partial charge in [-0.25, -0.2) is 0 Å². The molecule has 2 heterocycles. The Hall–Kier alpha value is -1.60. The monoisotopic (exact) mass is 299 g/mol. The zero-order valence-electron chi connectivity index (χ0n) is 11.4. The minimum atomic E-state index is -1.01. The maximum Gasteiger partial charge on any atom is 0.313 e. The SMILES string of the molecule is COCC1(C(=O)O)CCN(C(=O)c2sccc2OC)C1. The number of carboxylic acids is 1. The summed E-state index contributed by atoms with van der Waals surface area (Å²) >= 11 is 1.30. The van der Waals surface area contributed by atoms with Gasteiger partial charge in [0.2, 0.25) is 0 Å². The van der Waals surface area contributed by atoms with Crippen LogP contribution < -0.4 is 4.74 Å². The van der Waals surface area contributed by atoms with Crippen LogP contribution in [0.5, 0.6) is 5.75 Å². The van der Waals surface area contributed by atoms with Crippen LogP contribution in [-0.2, 0) is 9.53 Å². The van der Waals surface area contributed by atoms with Gasteiger partial charge >= 0.3 is 5.97 Å². The van der Waals surface area contributed by atoms with Crippen LogP contribution in [0.2, 0.25) is 0 Å². The van der Waals surface area contributed by atoms with Gasteiger partial charge in [0.15, 0.2) is 0 Å². The van der Waals surface area contributed by atoms with Crippen LogP contribution in [0.3, 0.4) is 0 Å². The van der Waals surface area contributed by atoms with Crippen molar-refractivity contribution in [3.05, 3.63) is 16.3 Å². The molecule has 0 aromatic carbocycles. The molecule has 1 fully saturated rings. The number of hydrogen-bond donors (Lipinski definition) is 1. The first kappa shape index (κ1) is 14.8. The Morgan fingerprint density at radius 2 is 2.25 bits per heavy atom. The second-order valence-corrected chi connectivity index (χ2v) is 5.73. The number of thiophene rings is 1. The van der Waals surface area contributed by atoms with Crippen molar-refractivity contribution in [1.29, 1.82) is 0 Å². The van der Waals surface area contributed by atoms with Gasteiger partial charge in [-0.05, 0) is 17.9 Å². The topological polar surface area (TPSA) is 76.1 Å². The predicted octanol–water partition coefficient (Wildman–Crippen LogP) is 1.32. The number of rotatable bonds is 5. The van der Waals surface area contributed by atoms with Crippen molar-refractivity contribution < 1.29 is 24.2 Å². The summed E-state index contributed by atoms with van der Waals surface area (Å²) in [6.07, 6.45) is 0.398. The van der Waals surface area contributed by atoms with Crippen molar-refractivity contribution in [3.8, 4) is 5.75 Å². The van der Waals surface area contributed by atoms with Crippen molar-refractivity contribution in [2.75, 3.05) is 33.9 Å². The Balaban J connectivity index is 2.16. The van der Waals surface area contributed by atoms with Crippen molar-refractivity contribution in [1.82, 2.24) is 4.90 Å². The van der Waals surface area contributed by atoms with Crippen LogP contribution in [-0.4, -0.2) is 55.8 Å². The maximum absolute atomic E-state index is 12.4. The molecule has 1 aromatic heterocycles. The largest absolute Gasteiger partial charge is 0.495 e. The quantitative estimate of drug-likeness (QED) is 0.887. The first-order chi connectivity index (χ1) is 9.54. The summed E-state index contributed by atoms with van der Waals surface area (Å²) in [7, 11) is 2.98. The lowest BCUT2D eigenvalue weighted by molar-refractivity contribution is -0.151. The van der Waals surface area contributed by atoms with E-state index in [1.165, 1.54) is 25.6 Å². The third-order valence-electron chi connectivity index (χ3n) is 3.56. The standard InChI is InChI=1S/C13H17NO5S/c1-18-8-13(12(16)17)4-5-14(7-13)11(15)10-9(19-2)3-6-20-10/h3,6H,4-5,7-8H2,1-2H3,(H,16,17). The van der Waals surface area contributed by atoms with Gasteiger partial charge in [-0.1, -0.05) is 0 Å². The second-order valence-electron chi connectivity index (χ2n) is 4.81. The molecule has 1 unspecified atom stereocenters. The van der Waals surface area contributed by atoms with Gasteiger partial charge in [0.1, 0.15) is 16.0 Å². The molecule has 1 aliphatic rings. The number of ether oxygens (including phenoxy) is 2. The highest BCUT2D eigenvalue weighted by molar-refractivity contribution is 7.12. The first-order valence-corrected chi connectivity index (χ1v) is 7.05. The third kappa shape index (κ3) is 2.51. The van der Waals surface area contributed by atoms with E-state index in [0.717, 1.165) is 0 Å². The summed E-state index contributed by atoms with van der Waals surface area (Å²) in [5.74, 6) is -0.580. The summed E-state index contributed by atoms with van der Waals surface area (Å²) in [6, 6.07) is 1.73. The Kier molecular flexibility index (Phi) is 4.29. The molecule has 1 amide bonds. The Bertz CT molecular complexity index is 515. The van der Waals surface area contributed by atoms with E-state index in [1.807, 2.05) is 0 Å². The fourth-order valence-corrected chi connectivity index (χ4v) is 3.26. The molecule has 0 saturated carbocycles. The molecule has 0 bridgehead atoms. The summed E-state index contributed by atoms with van der Waals surface area (Å²) in [5.41, 5.74) is -1.01. The van der Waals surface area contributed by atoms with E-state index in [4.69, 9.17) is 9.47 Å². The van der Waals surface area contributed by atoms with E-state index in [9.17, 15) is 14.7 Å². The lowest BCUT2D eigenvalue weighted by Gasteiger charge is -2.23. The molecule has 7 heteroatoms. The van der Waals surface area contributed by atoms with Crippen molar-refractivity contribution >= 4 is 23.2 Å². The summed E-state index contributed by atoms with van der Waals surface area (Å²) in [6.45, 7) is 0.680. The van der Waals surface area contributed by atoms with Crippen LogP contribution in [0.4, 0.5) is 0 Å². The van der Waals surface area contributed by atoms with Gasteiger partial charge in [-0.2, -0.15) is 0 Å². The number of carbonyl (C=O) groups is 2. The van der Waals surface area contributed by atoms with Gasteiger partial charge in [-0.15, -0.1) is 11.3 Å². The molecular weight excluding hydrogens is 282 g/mol. The van der Waals surface area contributed by atoms with Crippen LogP contribution in [0.15, 0.2) is 11.4 Å². The zero-order chi connectivity index (χ0) is 14.8. The molecule has 6 nitrogen and oxygen atoms in total. The molecule has 2 rings (SSSR count). The van der Waals surface area contributed by atoms with E-state index in [1.54, 1.807) is 16.3 Å². The van der Waals surface area contributed by atoms with Crippen molar-refractivity contribution in [2.24, 2.45) is 5.41 Å². The minimum Gasteiger partial charge on any atom is -0.495 e. The van der Waals surface area contributed by atoms with Gasteiger partial charge in [0.05, 0.1) is 13.7 Å². The highest BCUT2D eigenvalue weighted by Crippen LogP contribution is 2.34. The van der Waals surface area contributed by atoms with Crippen molar-refractivity contribution in [3.63, 3.8) is 0 Å². The molecule has 110 valence electrons. The van der Waals surface area contributed by atoms with Crippen LogP contribution in [0.25, 0.3) is 0 Å². The number of carbonyl (C=O) groups excluding carboxylic acids is 1. The van der Waals surface area contributed by atoms with Crippen molar-refractivity contribution in [2.45, 2.75) is 6.42 Å².